The zero-order valence-electron chi connectivity index (χ0n) is 14.5. The lowest BCUT2D eigenvalue weighted by Gasteiger charge is -2.21. The van der Waals surface area contributed by atoms with E-state index in [1.165, 1.54) is 0 Å². The van der Waals surface area contributed by atoms with E-state index in [4.69, 9.17) is 9.15 Å². The number of nitrogens with one attached hydrogen (secondary N) is 1. The fourth-order valence-corrected chi connectivity index (χ4v) is 2.30. The van der Waals surface area contributed by atoms with Crippen molar-refractivity contribution in [1.82, 2.24) is 5.32 Å². The van der Waals surface area contributed by atoms with Gasteiger partial charge in [0, 0.05) is 6.42 Å². The largest absolute Gasteiger partial charge is 0.493 e. The monoisotopic (exact) mass is 331 g/mol. The Hall–Kier alpha value is -2.27. The first-order chi connectivity index (χ1) is 11.4. The number of ether oxygens (including phenoxy) is 1. The molecule has 0 aliphatic rings. The molecule has 1 aromatic carbocycles. The number of furan rings is 1. The van der Waals surface area contributed by atoms with Gasteiger partial charge in [-0.05, 0) is 51.0 Å². The van der Waals surface area contributed by atoms with Crippen molar-refractivity contribution >= 4 is 5.91 Å². The van der Waals surface area contributed by atoms with Crippen LogP contribution in [0.25, 0.3) is 0 Å². The van der Waals surface area contributed by atoms with Crippen LogP contribution < -0.4 is 10.1 Å². The van der Waals surface area contributed by atoms with Gasteiger partial charge in [-0.25, -0.2) is 0 Å². The van der Waals surface area contributed by atoms with Gasteiger partial charge in [-0.15, -0.1) is 0 Å². The summed E-state index contributed by atoms with van der Waals surface area (Å²) >= 11 is 0. The Balaban J connectivity index is 1.69. The van der Waals surface area contributed by atoms with E-state index in [9.17, 15) is 9.90 Å². The number of aliphatic hydroxyl groups is 1. The second-order valence-electron chi connectivity index (χ2n) is 6.18. The molecule has 2 N–H and O–H groups in total. The highest BCUT2D eigenvalue weighted by Crippen LogP contribution is 2.22. The van der Waals surface area contributed by atoms with Crippen molar-refractivity contribution in [3.05, 3.63) is 53.5 Å². The van der Waals surface area contributed by atoms with Gasteiger partial charge in [0.1, 0.15) is 22.9 Å². The number of amides is 1. The van der Waals surface area contributed by atoms with E-state index in [0.717, 1.165) is 17.1 Å². The van der Waals surface area contributed by atoms with E-state index in [-0.39, 0.29) is 12.5 Å². The molecule has 0 spiro atoms. The maximum Gasteiger partial charge on any atom is 0.220 e. The lowest BCUT2D eigenvalue weighted by molar-refractivity contribution is -0.122. The molecule has 5 heteroatoms. The molecule has 2 aromatic rings. The van der Waals surface area contributed by atoms with Crippen LogP contribution in [0, 0.1) is 13.8 Å². The molecule has 0 aliphatic carbocycles. The van der Waals surface area contributed by atoms with Crippen molar-refractivity contribution in [2.75, 3.05) is 13.2 Å². The Kier molecular flexibility index (Phi) is 6.04. The van der Waals surface area contributed by atoms with E-state index < -0.39 is 5.60 Å². The SMILES string of the molecule is Cc1ccc(C(C)(O)CNC(=O)CCCOc2ccccc2C)o1. The molecule has 2 rings (SSSR count). The third-order valence-electron chi connectivity index (χ3n) is 3.80. The number of benzene rings is 1. The minimum absolute atomic E-state index is 0.109. The lowest BCUT2D eigenvalue weighted by atomic mass is 10.0. The normalized spacial score (nSPS) is 13.3. The van der Waals surface area contributed by atoms with Crippen LogP contribution >= 0.6 is 0 Å². The maximum atomic E-state index is 11.9. The van der Waals surface area contributed by atoms with Gasteiger partial charge in [-0.2, -0.15) is 0 Å². The summed E-state index contributed by atoms with van der Waals surface area (Å²) in [5, 5.41) is 13.1. The summed E-state index contributed by atoms with van der Waals surface area (Å²) in [6.07, 6.45) is 0.960. The van der Waals surface area contributed by atoms with Crippen LogP contribution in [-0.4, -0.2) is 24.2 Å². The highest BCUT2D eigenvalue weighted by Gasteiger charge is 2.27. The Labute approximate surface area is 142 Å². The summed E-state index contributed by atoms with van der Waals surface area (Å²) in [6.45, 7) is 6.00. The van der Waals surface area contributed by atoms with Crippen molar-refractivity contribution in [3.8, 4) is 5.75 Å². The van der Waals surface area contributed by atoms with Crippen LogP contribution in [0.2, 0.25) is 0 Å². The fraction of sp³-hybridized carbons (Fsp3) is 0.421. The van der Waals surface area contributed by atoms with Gasteiger partial charge in [0.15, 0.2) is 0 Å². The van der Waals surface area contributed by atoms with E-state index in [0.29, 0.717) is 25.2 Å². The number of rotatable bonds is 8. The standard InChI is InChI=1S/C19H25NO4/c1-14-7-4-5-8-16(14)23-12-6-9-18(21)20-13-19(3,22)17-11-10-15(2)24-17/h4-5,7-8,10-11,22H,6,9,12-13H2,1-3H3,(H,20,21). The van der Waals surface area contributed by atoms with Crippen LogP contribution in [0.1, 0.15) is 36.8 Å². The molecule has 1 amide bonds. The van der Waals surface area contributed by atoms with Crippen LogP contribution in [0.3, 0.4) is 0 Å². The molecule has 0 bridgehead atoms. The Bertz CT molecular complexity index is 676. The molecule has 0 radical (unpaired) electrons. The predicted molar refractivity (Wildman–Crippen MR) is 91.9 cm³/mol. The second kappa shape index (κ2) is 8.02. The van der Waals surface area contributed by atoms with Gasteiger partial charge >= 0.3 is 0 Å². The average Bonchev–Trinajstić information content (AvgIpc) is 2.99. The van der Waals surface area contributed by atoms with E-state index in [1.807, 2.05) is 38.1 Å². The molecule has 130 valence electrons. The molecule has 0 aliphatic heterocycles. The third-order valence-corrected chi connectivity index (χ3v) is 3.80. The highest BCUT2D eigenvalue weighted by molar-refractivity contribution is 5.75. The van der Waals surface area contributed by atoms with Gasteiger partial charge in [-0.3, -0.25) is 4.79 Å². The van der Waals surface area contributed by atoms with Crippen molar-refractivity contribution in [2.24, 2.45) is 0 Å². The summed E-state index contributed by atoms with van der Waals surface area (Å²) in [4.78, 5) is 11.9. The first kappa shape index (κ1) is 18.1. The summed E-state index contributed by atoms with van der Waals surface area (Å²) in [7, 11) is 0. The second-order valence-corrected chi connectivity index (χ2v) is 6.18. The molecule has 1 atom stereocenters. The molecular weight excluding hydrogens is 306 g/mol. The zero-order valence-corrected chi connectivity index (χ0v) is 14.5. The van der Waals surface area contributed by atoms with Gasteiger partial charge in [-0.1, -0.05) is 18.2 Å². The number of hydrogen-bond donors (Lipinski definition) is 2. The topological polar surface area (TPSA) is 71.7 Å². The van der Waals surface area contributed by atoms with E-state index >= 15 is 0 Å². The summed E-state index contributed by atoms with van der Waals surface area (Å²) in [5.41, 5.74) is -0.145. The molecule has 0 saturated heterocycles. The molecular formula is C19H25NO4. The first-order valence-corrected chi connectivity index (χ1v) is 8.13. The molecule has 1 unspecified atom stereocenters. The maximum absolute atomic E-state index is 11.9. The van der Waals surface area contributed by atoms with Crippen LogP contribution in [-0.2, 0) is 10.4 Å². The van der Waals surface area contributed by atoms with Crippen molar-refractivity contribution in [1.29, 1.82) is 0 Å². The predicted octanol–water partition coefficient (Wildman–Crippen LogP) is 3.08. The molecule has 1 aromatic heterocycles. The molecule has 24 heavy (non-hydrogen) atoms. The van der Waals surface area contributed by atoms with Crippen molar-refractivity contribution in [2.45, 2.75) is 39.2 Å². The van der Waals surface area contributed by atoms with Crippen LogP contribution in [0.15, 0.2) is 40.8 Å². The van der Waals surface area contributed by atoms with Gasteiger partial charge < -0.3 is 19.6 Å². The Morgan fingerprint density at radius 3 is 2.67 bits per heavy atom. The zero-order chi connectivity index (χ0) is 17.6. The van der Waals surface area contributed by atoms with Crippen LogP contribution in [0.4, 0.5) is 0 Å². The van der Waals surface area contributed by atoms with Crippen molar-refractivity contribution in [3.63, 3.8) is 0 Å². The summed E-state index contributed by atoms with van der Waals surface area (Å²) in [6, 6.07) is 11.3. The first-order valence-electron chi connectivity index (χ1n) is 8.13. The average molecular weight is 331 g/mol. The molecule has 0 saturated carbocycles. The van der Waals surface area contributed by atoms with Crippen molar-refractivity contribution < 1.29 is 19.1 Å². The van der Waals surface area contributed by atoms with Gasteiger partial charge in [0.2, 0.25) is 5.91 Å². The van der Waals surface area contributed by atoms with Gasteiger partial charge in [0.25, 0.3) is 0 Å². The lowest BCUT2D eigenvalue weighted by Crippen LogP contribution is -2.38. The summed E-state index contributed by atoms with van der Waals surface area (Å²) in [5.74, 6) is 1.90. The fourth-order valence-electron chi connectivity index (χ4n) is 2.30. The number of carbonyl (C=O) groups is 1. The molecule has 5 nitrogen and oxygen atoms in total. The highest BCUT2D eigenvalue weighted by atomic mass is 16.5. The van der Waals surface area contributed by atoms with E-state index in [2.05, 4.69) is 5.32 Å². The minimum Gasteiger partial charge on any atom is -0.493 e. The summed E-state index contributed by atoms with van der Waals surface area (Å²) < 4.78 is 11.1. The molecule has 1 heterocycles. The Morgan fingerprint density at radius 1 is 1.25 bits per heavy atom. The number of aryl methyl sites for hydroxylation is 2. The van der Waals surface area contributed by atoms with Crippen LogP contribution in [0.5, 0.6) is 5.75 Å². The van der Waals surface area contributed by atoms with E-state index in [1.54, 1.807) is 19.1 Å². The number of para-hydroxylation sites is 1. The number of hydrogen-bond acceptors (Lipinski definition) is 4. The molecule has 0 fully saturated rings. The third kappa shape index (κ3) is 5.13. The quantitative estimate of drug-likeness (QED) is 0.729. The smallest absolute Gasteiger partial charge is 0.220 e. The number of carbonyl (C=O) groups excluding carboxylic acids is 1. The van der Waals surface area contributed by atoms with Gasteiger partial charge in [0.05, 0.1) is 13.2 Å². The Morgan fingerprint density at radius 2 is 2.00 bits per heavy atom. The minimum atomic E-state index is -1.22.